The van der Waals surface area contributed by atoms with Crippen LogP contribution in [0.5, 0.6) is 5.75 Å². The maximum Gasteiger partial charge on any atom is 0.237 e. The molecule has 0 heterocycles. The molecule has 214 valence electrons. The fourth-order valence-electron chi connectivity index (χ4n) is 4.37. The standard InChI is InChI=1S/C34H51N3O2/c1-26(2)19-21-36(9)32(23-28(5)6)33(38)35-34(7,8)25-37(22-20-27(3)4)30-15-17-31(18-16-30)39-24-29-13-11-10-12-14-29/h10-20,28,32H,21-25H2,1-9H3,(H,35,38)/t32-/m0/s1. The Kier molecular flexibility index (Phi) is 12.8. The van der Waals surface area contributed by atoms with Crippen molar-refractivity contribution in [2.75, 3.05) is 31.6 Å². The van der Waals surface area contributed by atoms with E-state index in [1.807, 2.05) is 37.4 Å². The highest BCUT2D eigenvalue weighted by atomic mass is 16.5. The number of carbonyl (C=O) groups excluding carboxylic acids is 1. The molecule has 0 aromatic heterocycles. The Bertz CT molecular complexity index is 1060. The van der Waals surface area contributed by atoms with Crippen LogP contribution in [0.1, 0.15) is 67.4 Å². The number of rotatable bonds is 15. The van der Waals surface area contributed by atoms with Crippen LogP contribution in [0, 0.1) is 5.92 Å². The van der Waals surface area contributed by atoms with Gasteiger partial charge in [0.05, 0.1) is 11.6 Å². The van der Waals surface area contributed by atoms with Gasteiger partial charge in [-0.15, -0.1) is 0 Å². The number of hydrogen-bond donors (Lipinski definition) is 1. The molecule has 0 aliphatic carbocycles. The van der Waals surface area contributed by atoms with Crippen molar-refractivity contribution in [1.82, 2.24) is 10.2 Å². The summed E-state index contributed by atoms with van der Waals surface area (Å²) in [6.07, 6.45) is 5.23. The zero-order valence-electron chi connectivity index (χ0n) is 25.8. The number of allylic oxidation sites excluding steroid dienone is 2. The second-order valence-corrected chi connectivity index (χ2v) is 12.2. The monoisotopic (exact) mass is 533 g/mol. The van der Waals surface area contributed by atoms with Crippen molar-refractivity contribution >= 4 is 11.6 Å². The molecule has 1 atom stereocenters. The molecule has 0 spiro atoms. The number of nitrogens with one attached hydrogen (secondary N) is 1. The lowest BCUT2D eigenvalue weighted by molar-refractivity contribution is -0.128. The first-order valence-corrected chi connectivity index (χ1v) is 14.2. The first-order valence-electron chi connectivity index (χ1n) is 14.2. The van der Waals surface area contributed by atoms with Crippen molar-refractivity contribution in [2.45, 2.75) is 80.0 Å². The van der Waals surface area contributed by atoms with E-state index in [4.69, 9.17) is 4.74 Å². The van der Waals surface area contributed by atoms with Crippen molar-refractivity contribution in [3.8, 4) is 5.75 Å². The molecule has 1 amide bonds. The van der Waals surface area contributed by atoms with Crippen LogP contribution < -0.4 is 15.0 Å². The van der Waals surface area contributed by atoms with Crippen molar-refractivity contribution < 1.29 is 9.53 Å². The number of hydrogen-bond acceptors (Lipinski definition) is 4. The molecule has 0 saturated carbocycles. The van der Waals surface area contributed by atoms with E-state index in [0.717, 1.165) is 36.5 Å². The van der Waals surface area contributed by atoms with Crippen molar-refractivity contribution in [1.29, 1.82) is 0 Å². The van der Waals surface area contributed by atoms with Gasteiger partial charge >= 0.3 is 0 Å². The first kappa shape index (κ1) is 32.2. The van der Waals surface area contributed by atoms with E-state index in [2.05, 4.69) is 107 Å². The lowest BCUT2D eigenvalue weighted by Crippen LogP contribution is -2.57. The van der Waals surface area contributed by atoms with E-state index < -0.39 is 5.54 Å². The number of nitrogens with zero attached hydrogens (tertiary/aromatic N) is 2. The van der Waals surface area contributed by atoms with Crippen molar-refractivity contribution in [3.05, 3.63) is 83.5 Å². The van der Waals surface area contributed by atoms with E-state index in [0.29, 0.717) is 19.1 Å². The summed E-state index contributed by atoms with van der Waals surface area (Å²) in [6.45, 7) is 19.7. The van der Waals surface area contributed by atoms with Gasteiger partial charge in [0.1, 0.15) is 12.4 Å². The zero-order chi connectivity index (χ0) is 29.0. The molecular formula is C34H51N3O2. The molecule has 2 aromatic rings. The van der Waals surface area contributed by atoms with Crippen LogP contribution in [-0.4, -0.2) is 49.1 Å². The molecule has 2 aromatic carbocycles. The molecule has 0 fully saturated rings. The Hall–Kier alpha value is -3.05. The van der Waals surface area contributed by atoms with E-state index in [-0.39, 0.29) is 11.9 Å². The summed E-state index contributed by atoms with van der Waals surface area (Å²) in [5, 5.41) is 3.38. The average Bonchev–Trinajstić information content (AvgIpc) is 2.87. The highest BCUT2D eigenvalue weighted by Crippen LogP contribution is 2.23. The van der Waals surface area contributed by atoms with Crippen LogP contribution in [0.25, 0.3) is 0 Å². The summed E-state index contributed by atoms with van der Waals surface area (Å²) in [5.74, 6) is 1.35. The molecule has 2 rings (SSSR count). The fraction of sp³-hybridized carbons (Fsp3) is 0.500. The van der Waals surface area contributed by atoms with Gasteiger partial charge < -0.3 is 15.0 Å². The maximum absolute atomic E-state index is 13.6. The Balaban J connectivity index is 2.15. The molecule has 0 radical (unpaired) electrons. The minimum atomic E-state index is -0.429. The normalized spacial score (nSPS) is 12.2. The molecule has 0 aliphatic rings. The lowest BCUT2D eigenvalue weighted by atomic mass is 9.98. The molecular weight excluding hydrogens is 482 g/mol. The molecule has 1 N–H and O–H groups in total. The molecule has 39 heavy (non-hydrogen) atoms. The van der Waals surface area contributed by atoms with Crippen LogP contribution in [-0.2, 0) is 11.4 Å². The van der Waals surface area contributed by atoms with E-state index >= 15 is 0 Å². The topological polar surface area (TPSA) is 44.8 Å². The quantitative estimate of drug-likeness (QED) is 0.245. The Labute approximate surface area is 237 Å². The third kappa shape index (κ3) is 12.1. The van der Waals surface area contributed by atoms with Crippen LogP contribution in [0.15, 0.2) is 77.9 Å². The van der Waals surface area contributed by atoms with Crippen LogP contribution in [0.4, 0.5) is 5.69 Å². The Morgan fingerprint density at radius 2 is 1.51 bits per heavy atom. The lowest BCUT2D eigenvalue weighted by Gasteiger charge is -2.37. The van der Waals surface area contributed by atoms with Gasteiger partial charge in [-0.25, -0.2) is 0 Å². The Morgan fingerprint density at radius 1 is 0.923 bits per heavy atom. The zero-order valence-corrected chi connectivity index (χ0v) is 25.8. The molecule has 0 unspecified atom stereocenters. The third-order valence-corrected chi connectivity index (χ3v) is 6.53. The highest BCUT2D eigenvalue weighted by molar-refractivity contribution is 5.82. The number of benzene rings is 2. The minimum Gasteiger partial charge on any atom is -0.489 e. The summed E-state index contributed by atoms with van der Waals surface area (Å²) in [5.41, 5.74) is 4.34. The summed E-state index contributed by atoms with van der Waals surface area (Å²) >= 11 is 0. The molecule has 5 nitrogen and oxygen atoms in total. The van der Waals surface area contributed by atoms with Gasteiger partial charge in [0.15, 0.2) is 0 Å². The average molecular weight is 534 g/mol. The number of anilines is 1. The van der Waals surface area contributed by atoms with Gasteiger partial charge in [-0.2, -0.15) is 0 Å². The van der Waals surface area contributed by atoms with Gasteiger partial charge in [0.2, 0.25) is 5.91 Å². The van der Waals surface area contributed by atoms with Gasteiger partial charge in [-0.1, -0.05) is 67.5 Å². The van der Waals surface area contributed by atoms with Crippen LogP contribution in [0.3, 0.4) is 0 Å². The summed E-state index contributed by atoms with van der Waals surface area (Å²) in [7, 11) is 2.04. The van der Waals surface area contributed by atoms with E-state index in [9.17, 15) is 4.79 Å². The van der Waals surface area contributed by atoms with Gasteiger partial charge in [-0.3, -0.25) is 9.69 Å². The predicted octanol–water partition coefficient (Wildman–Crippen LogP) is 7.25. The van der Waals surface area contributed by atoms with E-state index in [1.54, 1.807) is 0 Å². The molecule has 0 bridgehead atoms. The van der Waals surface area contributed by atoms with Crippen LogP contribution in [0.2, 0.25) is 0 Å². The predicted molar refractivity (Wildman–Crippen MR) is 166 cm³/mol. The smallest absolute Gasteiger partial charge is 0.237 e. The maximum atomic E-state index is 13.6. The number of amides is 1. The van der Waals surface area contributed by atoms with E-state index in [1.165, 1.54) is 11.1 Å². The largest absolute Gasteiger partial charge is 0.489 e. The minimum absolute atomic E-state index is 0.0881. The highest BCUT2D eigenvalue weighted by Gasteiger charge is 2.30. The SMILES string of the molecule is CC(C)=CCN(CC(C)(C)NC(=O)[C@H](CC(C)C)N(C)CC=C(C)C)c1ccc(OCc2ccccc2)cc1. The number of ether oxygens (including phenoxy) is 1. The van der Waals surface area contributed by atoms with Gasteiger partial charge in [-0.05, 0) is 90.8 Å². The fourth-order valence-corrected chi connectivity index (χ4v) is 4.37. The molecule has 0 aliphatic heterocycles. The second-order valence-electron chi connectivity index (χ2n) is 12.2. The number of carbonyl (C=O) groups is 1. The van der Waals surface area contributed by atoms with Crippen molar-refractivity contribution in [3.63, 3.8) is 0 Å². The molecule has 5 heteroatoms. The van der Waals surface area contributed by atoms with Gasteiger partial charge in [0.25, 0.3) is 0 Å². The summed E-state index contributed by atoms with van der Waals surface area (Å²) < 4.78 is 6.00. The third-order valence-electron chi connectivity index (χ3n) is 6.53. The summed E-state index contributed by atoms with van der Waals surface area (Å²) in [6, 6.07) is 18.3. The van der Waals surface area contributed by atoms with Crippen LogP contribution >= 0.6 is 0 Å². The first-order chi connectivity index (χ1) is 18.4. The van der Waals surface area contributed by atoms with Gasteiger partial charge in [0, 0.05) is 25.3 Å². The van der Waals surface area contributed by atoms with Crippen molar-refractivity contribution in [2.24, 2.45) is 5.92 Å². The second kappa shape index (κ2) is 15.5. The summed E-state index contributed by atoms with van der Waals surface area (Å²) in [4.78, 5) is 18.1. The Morgan fingerprint density at radius 3 is 2.08 bits per heavy atom. The number of likely N-dealkylation sites (N-methyl/N-ethyl adjacent to an activating group) is 1. The molecule has 0 saturated heterocycles.